The van der Waals surface area contributed by atoms with Crippen molar-refractivity contribution in [2.75, 3.05) is 0 Å². The van der Waals surface area contributed by atoms with Gasteiger partial charge >= 0.3 is 6.04 Å². The molecule has 0 rings (SSSR count). The Morgan fingerprint density at radius 1 is 1.25 bits per heavy atom. The Labute approximate surface area is 43.8 Å². The first-order valence-corrected chi connectivity index (χ1v) is 1.77. The van der Waals surface area contributed by atoms with Gasteiger partial charge in [0.2, 0.25) is 0 Å². The van der Waals surface area contributed by atoms with Gasteiger partial charge in [0, 0.05) is 0 Å². The van der Waals surface area contributed by atoms with E-state index in [9.17, 15) is 18.0 Å². The van der Waals surface area contributed by atoms with Crippen LogP contribution < -0.4 is 0 Å². The summed E-state index contributed by atoms with van der Waals surface area (Å²) in [6.07, 6.45) is -2.27. The molecule has 0 unspecified atom stereocenters. The molecule has 1 nitrogen and oxygen atoms in total. The van der Waals surface area contributed by atoms with Crippen LogP contribution in [0.15, 0.2) is 11.7 Å². The molecule has 0 aliphatic carbocycles. The van der Waals surface area contributed by atoms with Crippen LogP contribution in [0.1, 0.15) is 6.92 Å². The van der Waals surface area contributed by atoms with Gasteiger partial charge in [0.25, 0.3) is 6.08 Å². The number of carbonyl (C=O) groups is 1. The summed E-state index contributed by atoms with van der Waals surface area (Å²) in [6.45, 7) is 0.720. The van der Waals surface area contributed by atoms with Crippen molar-refractivity contribution >= 4 is 6.04 Å². The first kappa shape index (κ1) is 7.20. The summed E-state index contributed by atoms with van der Waals surface area (Å²) in [6, 6.07) is -2.08. The Balaban J connectivity index is 4.23. The smallest absolute Gasteiger partial charge is 0.256 e. The highest BCUT2D eigenvalue weighted by atomic mass is 19.3. The Kier molecular flexibility index (Phi) is 2.24. The van der Waals surface area contributed by atoms with Crippen LogP contribution in [-0.2, 0) is 4.79 Å². The molecule has 0 fully saturated rings. The first-order valence-electron chi connectivity index (χ1n) is 1.77. The van der Waals surface area contributed by atoms with E-state index in [1.54, 1.807) is 0 Å². The second-order valence-corrected chi connectivity index (χ2v) is 1.16. The predicted octanol–water partition coefficient (Wildman–Crippen LogP) is 1.65. The molecule has 0 saturated heterocycles. The third-order valence-corrected chi connectivity index (χ3v) is 0.578. The monoisotopic (exact) mass is 124 g/mol. The molecule has 0 heterocycles. The molecule has 0 spiro atoms. The molecule has 0 bridgehead atoms. The molecule has 0 aliphatic heterocycles. The van der Waals surface area contributed by atoms with Gasteiger partial charge in [-0.25, -0.2) is 0 Å². The third-order valence-electron chi connectivity index (χ3n) is 0.578. The van der Waals surface area contributed by atoms with E-state index < -0.39 is 17.7 Å². The molecule has 0 aromatic heterocycles. The zero-order valence-corrected chi connectivity index (χ0v) is 4.04. The van der Waals surface area contributed by atoms with Gasteiger partial charge in [-0.3, -0.25) is 4.79 Å². The molecule has 8 heavy (non-hydrogen) atoms. The van der Waals surface area contributed by atoms with Crippen molar-refractivity contribution in [1.29, 1.82) is 0 Å². The van der Waals surface area contributed by atoms with E-state index in [0.717, 1.165) is 6.92 Å². The van der Waals surface area contributed by atoms with E-state index in [1.807, 2.05) is 0 Å². The molecular weight excluding hydrogens is 121 g/mol. The highest BCUT2D eigenvalue weighted by Crippen LogP contribution is 2.07. The number of allylic oxidation sites excluding steroid dienone is 1. The molecule has 0 amide bonds. The zero-order valence-electron chi connectivity index (χ0n) is 4.04. The SMILES string of the molecule is CC(C(=O)F)=C(F)F. The van der Waals surface area contributed by atoms with E-state index in [4.69, 9.17) is 0 Å². The van der Waals surface area contributed by atoms with Crippen LogP contribution in [0.3, 0.4) is 0 Å². The lowest BCUT2D eigenvalue weighted by molar-refractivity contribution is -0.125. The minimum absolute atomic E-state index is 0.720. The van der Waals surface area contributed by atoms with E-state index in [1.165, 1.54) is 0 Å². The van der Waals surface area contributed by atoms with Gasteiger partial charge in [-0.1, -0.05) is 0 Å². The summed E-state index contributed by atoms with van der Waals surface area (Å²) in [5.41, 5.74) is -1.12. The fourth-order valence-electron chi connectivity index (χ4n) is 0.0743. The van der Waals surface area contributed by atoms with Crippen molar-refractivity contribution in [3.63, 3.8) is 0 Å². The van der Waals surface area contributed by atoms with Crippen molar-refractivity contribution in [3.8, 4) is 0 Å². The first-order chi connectivity index (χ1) is 3.55. The maximum absolute atomic E-state index is 11.2. The molecule has 0 aromatic carbocycles. The highest BCUT2D eigenvalue weighted by molar-refractivity contribution is 5.86. The standard InChI is InChI=1S/C4H3F3O/c1-2(3(5)6)4(7)8/h1H3. The maximum atomic E-state index is 11.2. The van der Waals surface area contributed by atoms with Gasteiger partial charge in [0.1, 0.15) is 0 Å². The normalized spacial score (nSPS) is 8.50. The van der Waals surface area contributed by atoms with Crippen LogP contribution in [0, 0.1) is 0 Å². The van der Waals surface area contributed by atoms with E-state index >= 15 is 0 Å². The molecule has 46 valence electrons. The van der Waals surface area contributed by atoms with E-state index in [0.29, 0.717) is 0 Å². The Hall–Kier alpha value is -0.800. The van der Waals surface area contributed by atoms with Crippen LogP contribution in [0.25, 0.3) is 0 Å². The zero-order chi connectivity index (χ0) is 6.73. The summed E-state index contributed by atoms with van der Waals surface area (Å²) in [7, 11) is 0. The van der Waals surface area contributed by atoms with Crippen molar-refractivity contribution in [2.24, 2.45) is 0 Å². The molecule has 0 atom stereocenters. The number of hydrogen-bond acceptors (Lipinski definition) is 1. The van der Waals surface area contributed by atoms with Crippen molar-refractivity contribution in [3.05, 3.63) is 11.7 Å². The quantitative estimate of drug-likeness (QED) is 0.383. The fraction of sp³-hybridized carbons (Fsp3) is 0.250. The minimum atomic E-state index is -2.27. The van der Waals surface area contributed by atoms with Crippen LogP contribution in [0.2, 0.25) is 0 Å². The summed E-state index contributed by atoms with van der Waals surface area (Å²) in [4.78, 5) is 9.38. The second kappa shape index (κ2) is 2.49. The summed E-state index contributed by atoms with van der Waals surface area (Å²) < 4.78 is 33.4. The lowest BCUT2D eigenvalue weighted by Crippen LogP contribution is -1.89. The summed E-state index contributed by atoms with van der Waals surface area (Å²) >= 11 is 0. The van der Waals surface area contributed by atoms with E-state index in [2.05, 4.69) is 0 Å². The van der Waals surface area contributed by atoms with E-state index in [-0.39, 0.29) is 0 Å². The largest absolute Gasteiger partial charge is 0.333 e. The lowest BCUT2D eigenvalue weighted by atomic mass is 10.4. The number of carbonyl (C=O) groups excluding carboxylic acids is 1. The maximum Gasteiger partial charge on any atom is 0.333 e. The van der Waals surface area contributed by atoms with Crippen LogP contribution >= 0.6 is 0 Å². The van der Waals surface area contributed by atoms with Crippen LogP contribution in [0.5, 0.6) is 0 Å². The number of rotatable bonds is 1. The van der Waals surface area contributed by atoms with Crippen LogP contribution in [-0.4, -0.2) is 6.04 Å². The van der Waals surface area contributed by atoms with Crippen LogP contribution in [0.4, 0.5) is 13.2 Å². The topological polar surface area (TPSA) is 17.1 Å². The van der Waals surface area contributed by atoms with Gasteiger partial charge in [-0.05, 0) is 6.92 Å². The predicted molar refractivity (Wildman–Crippen MR) is 21.0 cm³/mol. The molecule has 0 radical (unpaired) electrons. The Morgan fingerprint density at radius 2 is 1.62 bits per heavy atom. The Bertz CT molecular complexity index is 134. The number of hydrogen-bond donors (Lipinski definition) is 0. The summed E-state index contributed by atoms with van der Waals surface area (Å²) in [5.74, 6) is 0. The highest BCUT2D eigenvalue weighted by Gasteiger charge is 2.07. The molecule has 0 N–H and O–H groups in total. The second-order valence-electron chi connectivity index (χ2n) is 1.16. The molecular formula is C4H3F3O. The molecule has 0 aliphatic rings. The van der Waals surface area contributed by atoms with Gasteiger partial charge in [-0.2, -0.15) is 13.2 Å². The van der Waals surface area contributed by atoms with Crippen molar-refractivity contribution in [2.45, 2.75) is 6.92 Å². The van der Waals surface area contributed by atoms with Crippen molar-refractivity contribution in [1.82, 2.24) is 0 Å². The summed E-state index contributed by atoms with van der Waals surface area (Å²) in [5, 5.41) is 0. The Morgan fingerprint density at radius 3 is 1.62 bits per heavy atom. The van der Waals surface area contributed by atoms with Gasteiger partial charge in [0.05, 0.1) is 5.57 Å². The molecule has 0 saturated carbocycles. The molecule has 0 aromatic rings. The van der Waals surface area contributed by atoms with Gasteiger partial charge in [-0.15, -0.1) is 0 Å². The average molecular weight is 124 g/mol. The minimum Gasteiger partial charge on any atom is -0.256 e. The van der Waals surface area contributed by atoms with Crippen molar-refractivity contribution < 1.29 is 18.0 Å². The average Bonchev–Trinajstić information content (AvgIpc) is 1.64. The third kappa shape index (κ3) is 1.77. The van der Waals surface area contributed by atoms with Gasteiger partial charge < -0.3 is 0 Å². The fourth-order valence-corrected chi connectivity index (χ4v) is 0.0743. The van der Waals surface area contributed by atoms with Gasteiger partial charge in [0.15, 0.2) is 0 Å². The number of halogens is 3. The molecule has 4 heteroatoms. The lowest BCUT2D eigenvalue weighted by Gasteiger charge is -1.83.